The van der Waals surface area contributed by atoms with Crippen molar-refractivity contribution >= 4 is 17.5 Å². The highest BCUT2D eigenvalue weighted by Crippen LogP contribution is 2.31. The molecule has 45 heavy (non-hydrogen) atoms. The van der Waals surface area contributed by atoms with Crippen molar-refractivity contribution < 1.29 is 14.6 Å². The first-order valence-corrected chi connectivity index (χ1v) is 15.2. The zero-order valence-corrected chi connectivity index (χ0v) is 25.4. The van der Waals surface area contributed by atoms with Crippen molar-refractivity contribution in [2.45, 2.75) is 50.7 Å². The Balaban J connectivity index is 1.28. The summed E-state index contributed by atoms with van der Waals surface area (Å²) in [4.78, 5) is 31.9. The van der Waals surface area contributed by atoms with E-state index in [-0.39, 0.29) is 30.3 Å². The zero-order chi connectivity index (χ0) is 31.6. The Morgan fingerprint density at radius 1 is 1.02 bits per heavy atom. The van der Waals surface area contributed by atoms with E-state index in [0.29, 0.717) is 25.1 Å². The summed E-state index contributed by atoms with van der Waals surface area (Å²) < 4.78 is 7.17. The Bertz CT molecular complexity index is 1660. The molecule has 2 aromatic carbocycles. The third-order valence-electron chi connectivity index (χ3n) is 8.03. The van der Waals surface area contributed by atoms with Crippen LogP contribution in [-0.4, -0.2) is 46.0 Å². The molecule has 10 nitrogen and oxygen atoms in total. The quantitative estimate of drug-likeness (QED) is 0.200. The van der Waals surface area contributed by atoms with Gasteiger partial charge >= 0.3 is 6.03 Å². The molecule has 0 unspecified atom stereocenters. The second-order valence-electron chi connectivity index (χ2n) is 11.2. The van der Waals surface area contributed by atoms with E-state index >= 15 is 0 Å². The lowest BCUT2D eigenvalue weighted by atomic mass is 9.89. The molecule has 4 aromatic rings. The van der Waals surface area contributed by atoms with Crippen LogP contribution in [0.15, 0.2) is 90.0 Å². The number of carbonyl (C=O) groups is 1. The first-order valence-electron chi connectivity index (χ1n) is 15.2. The van der Waals surface area contributed by atoms with E-state index in [0.717, 1.165) is 59.6 Å². The van der Waals surface area contributed by atoms with Crippen LogP contribution < -0.4 is 25.8 Å². The maximum atomic E-state index is 13.8. The minimum Gasteiger partial charge on any atom is -0.494 e. The average molecular weight is 607 g/mol. The molecule has 3 N–H and O–H groups in total. The van der Waals surface area contributed by atoms with Crippen molar-refractivity contribution in [2.75, 3.05) is 23.4 Å². The summed E-state index contributed by atoms with van der Waals surface area (Å²) in [5, 5.41) is 24.6. The van der Waals surface area contributed by atoms with Gasteiger partial charge in [0.25, 0.3) is 0 Å². The molecule has 1 aliphatic carbocycles. The molecule has 0 atom stereocenters. The fraction of sp³-hybridized carbons (Fsp3) is 0.314. The molecule has 0 saturated heterocycles. The molecular weight excluding hydrogens is 568 g/mol. The average Bonchev–Trinajstić information content (AvgIpc) is 3.07. The van der Waals surface area contributed by atoms with Gasteiger partial charge in [-0.3, -0.25) is 9.69 Å². The largest absolute Gasteiger partial charge is 0.494 e. The molecule has 2 amide bonds. The minimum atomic E-state index is -0.168. The van der Waals surface area contributed by atoms with Crippen LogP contribution in [0.5, 0.6) is 5.75 Å². The molecule has 1 aliphatic rings. The van der Waals surface area contributed by atoms with Crippen LogP contribution in [0.1, 0.15) is 43.2 Å². The number of benzene rings is 2. The lowest BCUT2D eigenvalue weighted by Gasteiger charge is -2.37. The van der Waals surface area contributed by atoms with Crippen molar-refractivity contribution in [1.29, 1.82) is 5.26 Å². The summed E-state index contributed by atoms with van der Waals surface area (Å²) in [6.07, 6.45) is 7.30. The fourth-order valence-corrected chi connectivity index (χ4v) is 5.53. The van der Waals surface area contributed by atoms with Crippen LogP contribution in [0.2, 0.25) is 0 Å². The first-order chi connectivity index (χ1) is 21.9. The van der Waals surface area contributed by atoms with Crippen LogP contribution in [0.4, 0.5) is 16.3 Å². The highest BCUT2D eigenvalue weighted by atomic mass is 16.5. The minimum absolute atomic E-state index is 0.00247. The third kappa shape index (κ3) is 8.28. The molecule has 0 spiro atoms. The summed E-state index contributed by atoms with van der Waals surface area (Å²) in [5.74, 6) is 1.46. The highest BCUT2D eigenvalue weighted by Gasteiger charge is 2.30. The van der Waals surface area contributed by atoms with E-state index in [1.54, 1.807) is 29.9 Å². The van der Waals surface area contributed by atoms with E-state index in [4.69, 9.17) is 15.1 Å². The molecule has 0 aliphatic heterocycles. The number of carbonyl (C=O) groups excluding carboxylic acids is 1. The molecule has 1 saturated carbocycles. The molecule has 232 valence electrons. The van der Waals surface area contributed by atoms with Crippen LogP contribution in [0.25, 0.3) is 11.1 Å². The second-order valence-corrected chi connectivity index (χ2v) is 11.2. The van der Waals surface area contributed by atoms with Gasteiger partial charge in [-0.1, -0.05) is 24.3 Å². The number of nitriles is 1. The Labute approximate surface area is 262 Å². The van der Waals surface area contributed by atoms with E-state index in [1.807, 2.05) is 71.8 Å². The number of amides is 2. The van der Waals surface area contributed by atoms with E-state index < -0.39 is 0 Å². The zero-order valence-electron chi connectivity index (χ0n) is 25.4. The van der Waals surface area contributed by atoms with Gasteiger partial charge in [0.2, 0.25) is 5.56 Å². The number of aliphatic hydroxyl groups is 1. The number of hydrogen-bond acceptors (Lipinski definition) is 7. The monoisotopic (exact) mass is 606 g/mol. The van der Waals surface area contributed by atoms with Gasteiger partial charge in [0.1, 0.15) is 17.6 Å². The van der Waals surface area contributed by atoms with Crippen LogP contribution >= 0.6 is 0 Å². The van der Waals surface area contributed by atoms with Crippen LogP contribution in [0.3, 0.4) is 0 Å². The van der Waals surface area contributed by atoms with Crippen molar-refractivity contribution in [1.82, 2.24) is 14.9 Å². The van der Waals surface area contributed by atoms with Gasteiger partial charge in [0, 0.05) is 62.9 Å². The van der Waals surface area contributed by atoms with Gasteiger partial charge in [-0.05, 0) is 84.8 Å². The molecular formula is C35H38N6O4. The number of nitrogens with one attached hydrogen (secondary N) is 2. The Morgan fingerprint density at radius 2 is 1.76 bits per heavy atom. The summed E-state index contributed by atoms with van der Waals surface area (Å²) >= 11 is 0. The maximum Gasteiger partial charge on any atom is 0.322 e. The number of urea groups is 1. The summed E-state index contributed by atoms with van der Waals surface area (Å²) in [7, 11) is 1.73. The number of aliphatic hydroxyl groups excluding tert-OH is 1. The van der Waals surface area contributed by atoms with Gasteiger partial charge < -0.3 is 25.0 Å². The normalized spacial score (nSPS) is 15.9. The molecule has 2 heterocycles. The van der Waals surface area contributed by atoms with Gasteiger partial charge in [-0.15, -0.1) is 0 Å². The number of anilines is 2. The smallest absolute Gasteiger partial charge is 0.322 e. The standard InChI is InChI=1S/C35H38N6O4/c1-40-24-28(8-18-34(40)43)27-6-11-30(12-7-27)41(35(44)38-22-25-3-15-32(16-4-25)45-20-2-19-42)31-13-9-29(10-14-31)39-33-17-5-26(21-36)23-37-33/h3-8,11-12,15-18,23-24,29,31,42H,2,9-10,13-14,19-20,22H2,1H3,(H,37,39)(H,38,44)/t29-,31-. The van der Waals surface area contributed by atoms with Crippen molar-refractivity contribution in [3.63, 3.8) is 0 Å². The predicted octanol–water partition coefficient (Wildman–Crippen LogP) is 5.22. The molecule has 0 bridgehead atoms. The molecule has 1 fully saturated rings. The number of pyridine rings is 2. The Morgan fingerprint density at radius 3 is 2.40 bits per heavy atom. The first kappa shape index (κ1) is 31.3. The Hall–Kier alpha value is -5.14. The molecule has 5 rings (SSSR count). The van der Waals surface area contributed by atoms with Crippen molar-refractivity contribution in [3.05, 3.63) is 107 Å². The van der Waals surface area contributed by atoms with Gasteiger partial charge in [-0.2, -0.15) is 5.26 Å². The van der Waals surface area contributed by atoms with Gasteiger partial charge in [0.15, 0.2) is 0 Å². The van der Waals surface area contributed by atoms with Gasteiger partial charge in [-0.25, -0.2) is 9.78 Å². The van der Waals surface area contributed by atoms with E-state index in [9.17, 15) is 9.59 Å². The fourth-order valence-electron chi connectivity index (χ4n) is 5.53. The molecule has 10 heteroatoms. The lowest BCUT2D eigenvalue weighted by molar-refractivity contribution is 0.233. The summed E-state index contributed by atoms with van der Waals surface area (Å²) in [6, 6.07) is 24.6. The SMILES string of the molecule is Cn1cc(-c2ccc(N(C(=O)NCc3ccc(OCCCO)cc3)[C@H]3CC[C@H](Nc4ccc(C#N)cn4)CC3)cc2)ccc1=O. The number of nitrogens with zero attached hydrogens (tertiary/aromatic N) is 4. The van der Waals surface area contributed by atoms with E-state index in [1.165, 1.54) is 0 Å². The van der Waals surface area contributed by atoms with E-state index in [2.05, 4.69) is 21.7 Å². The van der Waals surface area contributed by atoms with Gasteiger partial charge in [0.05, 0.1) is 12.2 Å². The highest BCUT2D eigenvalue weighted by molar-refractivity contribution is 5.93. The summed E-state index contributed by atoms with van der Waals surface area (Å²) in [5.41, 5.74) is 4.09. The molecule has 0 radical (unpaired) electrons. The van der Waals surface area contributed by atoms with Crippen LogP contribution in [-0.2, 0) is 13.6 Å². The molecule has 2 aromatic heterocycles. The number of aryl methyl sites for hydroxylation is 1. The second kappa shape index (κ2) is 15.0. The third-order valence-corrected chi connectivity index (χ3v) is 8.03. The summed E-state index contributed by atoms with van der Waals surface area (Å²) in [6.45, 7) is 0.900. The van der Waals surface area contributed by atoms with Crippen molar-refractivity contribution in [3.8, 4) is 22.9 Å². The number of aromatic nitrogens is 2. The number of hydrogen-bond donors (Lipinski definition) is 3. The predicted molar refractivity (Wildman–Crippen MR) is 174 cm³/mol. The van der Waals surface area contributed by atoms with Crippen molar-refractivity contribution in [2.24, 2.45) is 7.05 Å². The topological polar surface area (TPSA) is 133 Å². The lowest BCUT2D eigenvalue weighted by Crippen LogP contribution is -2.48. The maximum absolute atomic E-state index is 13.8. The Kier molecular flexibility index (Phi) is 10.5. The number of ether oxygens (including phenoxy) is 1. The number of rotatable bonds is 11. The van der Waals surface area contributed by atoms with Crippen LogP contribution in [0, 0.1) is 11.3 Å².